The number of carboxylic acids is 3. The van der Waals surface area contributed by atoms with Gasteiger partial charge in [-0.25, -0.2) is 4.79 Å². The zero-order valence-electron chi connectivity index (χ0n) is 8.93. The number of rotatable bonds is 5. The molecule has 0 aliphatic heterocycles. The van der Waals surface area contributed by atoms with Gasteiger partial charge in [0.25, 0.3) is 0 Å². The van der Waals surface area contributed by atoms with Crippen LogP contribution in [0.3, 0.4) is 0 Å². The molecular formula is C6H9NaO7Zr. The van der Waals surface area contributed by atoms with E-state index in [9.17, 15) is 14.4 Å². The zero-order chi connectivity index (χ0) is 10.6. The van der Waals surface area contributed by atoms with Crippen molar-refractivity contribution in [1.82, 2.24) is 0 Å². The molecule has 7 nitrogen and oxygen atoms in total. The quantitative estimate of drug-likeness (QED) is 0.379. The van der Waals surface area contributed by atoms with Crippen molar-refractivity contribution in [2.24, 2.45) is 0 Å². The molecule has 9 heteroatoms. The molecule has 0 aromatic rings. The van der Waals surface area contributed by atoms with Crippen molar-refractivity contribution >= 4 is 17.9 Å². The summed E-state index contributed by atoms with van der Waals surface area (Å²) >= 11 is 0. The van der Waals surface area contributed by atoms with Gasteiger partial charge in [-0.15, -0.1) is 0 Å². The minimum Gasteiger partial charge on any atom is -1.00 e. The first kappa shape index (κ1) is 20.6. The fraction of sp³-hybridized carbons (Fsp3) is 0.500. The number of aliphatic hydroxyl groups is 1. The van der Waals surface area contributed by atoms with Crippen LogP contribution in [0.2, 0.25) is 0 Å². The summed E-state index contributed by atoms with van der Waals surface area (Å²) in [5.74, 6) is -5.02. The monoisotopic (exact) mass is 306 g/mol. The zero-order valence-corrected chi connectivity index (χ0v) is 12.4. The largest absolute Gasteiger partial charge is 1.00 e. The van der Waals surface area contributed by atoms with Crippen LogP contribution < -0.4 is 29.6 Å². The third-order valence-electron chi connectivity index (χ3n) is 1.29. The first-order valence-electron chi connectivity index (χ1n) is 3.17. The van der Waals surface area contributed by atoms with E-state index in [0.29, 0.717) is 0 Å². The van der Waals surface area contributed by atoms with Crippen molar-refractivity contribution in [2.45, 2.75) is 18.4 Å². The molecule has 0 fully saturated rings. The van der Waals surface area contributed by atoms with Crippen molar-refractivity contribution in [3.63, 3.8) is 0 Å². The van der Waals surface area contributed by atoms with Gasteiger partial charge >= 0.3 is 47.5 Å². The number of aliphatic carboxylic acids is 3. The summed E-state index contributed by atoms with van der Waals surface area (Å²) in [6.07, 6.45) is -2.29. The molecule has 0 spiro atoms. The Bertz CT molecular complexity index is 243. The van der Waals surface area contributed by atoms with Crippen LogP contribution in [0, 0.1) is 0 Å². The Labute approximate surface area is 127 Å². The summed E-state index contributed by atoms with van der Waals surface area (Å²) in [7, 11) is 0. The molecule has 0 aromatic carbocycles. The van der Waals surface area contributed by atoms with Crippen LogP contribution in [-0.2, 0) is 40.6 Å². The summed E-state index contributed by atoms with van der Waals surface area (Å²) in [6, 6.07) is 0. The molecule has 0 amide bonds. The Hall–Kier alpha value is 0.253. The third-order valence-corrected chi connectivity index (χ3v) is 1.29. The third kappa shape index (κ3) is 8.10. The van der Waals surface area contributed by atoms with Gasteiger partial charge in [-0.05, 0) is 0 Å². The van der Waals surface area contributed by atoms with Gasteiger partial charge in [0.1, 0.15) is 0 Å². The molecule has 0 saturated heterocycles. The maximum absolute atomic E-state index is 10.3. The predicted molar refractivity (Wildman–Crippen MR) is 38.2 cm³/mol. The van der Waals surface area contributed by atoms with Crippen molar-refractivity contribution in [3.8, 4) is 0 Å². The van der Waals surface area contributed by atoms with Gasteiger partial charge in [-0.2, -0.15) is 0 Å². The van der Waals surface area contributed by atoms with E-state index in [2.05, 4.69) is 0 Å². The fourth-order valence-electron chi connectivity index (χ4n) is 0.714. The van der Waals surface area contributed by atoms with Gasteiger partial charge in [-0.1, -0.05) is 0 Å². The number of carboxylic acid groups (broad SMARTS) is 3. The van der Waals surface area contributed by atoms with E-state index in [0.717, 1.165) is 0 Å². The Kier molecular flexibility index (Phi) is 11.6. The van der Waals surface area contributed by atoms with Gasteiger partial charge in [-0.3, -0.25) is 9.59 Å². The van der Waals surface area contributed by atoms with Crippen LogP contribution in [0.4, 0.5) is 0 Å². The van der Waals surface area contributed by atoms with Gasteiger partial charge in [0.15, 0.2) is 5.60 Å². The molecule has 0 aliphatic carbocycles. The Balaban J connectivity index is -0.000000240. The van der Waals surface area contributed by atoms with Crippen LogP contribution in [0.15, 0.2) is 0 Å². The first-order valence-corrected chi connectivity index (χ1v) is 3.17. The molecule has 4 N–H and O–H groups in total. The summed E-state index contributed by atoms with van der Waals surface area (Å²) < 4.78 is 0. The van der Waals surface area contributed by atoms with E-state index >= 15 is 0 Å². The van der Waals surface area contributed by atoms with Crippen molar-refractivity contribution < 1.29 is 92.0 Å². The summed E-state index contributed by atoms with van der Waals surface area (Å²) in [5, 5.41) is 33.8. The molecule has 15 heavy (non-hydrogen) atoms. The predicted octanol–water partition coefficient (Wildman–Crippen LogP) is -4.13. The van der Waals surface area contributed by atoms with Gasteiger partial charge in [0.2, 0.25) is 0 Å². The molecule has 0 radical (unpaired) electrons. The second-order valence-electron chi connectivity index (χ2n) is 2.48. The summed E-state index contributed by atoms with van der Waals surface area (Å²) in [5.41, 5.74) is -2.74. The van der Waals surface area contributed by atoms with E-state index in [1.165, 1.54) is 0 Å². The van der Waals surface area contributed by atoms with E-state index in [-0.39, 0.29) is 57.2 Å². The summed E-state index contributed by atoms with van der Waals surface area (Å²) in [4.78, 5) is 30.5. The molecule has 0 atom stereocenters. The minimum atomic E-state index is -2.74. The Morgan fingerprint density at radius 1 is 1.00 bits per heavy atom. The molecule has 0 aliphatic rings. The van der Waals surface area contributed by atoms with E-state index < -0.39 is 36.4 Å². The standard InChI is InChI=1S/C6H8O7.Na.Zr.H/c7-3(8)1-6(13,5(11)12)2-4(9)10;;;/h13H,1-2H2,(H,7,8)(H,9,10)(H,11,12);;;/q;+1;;-1. The van der Waals surface area contributed by atoms with E-state index in [1.54, 1.807) is 0 Å². The minimum absolute atomic E-state index is 0. The smallest absolute Gasteiger partial charge is 1.00 e. The van der Waals surface area contributed by atoms with Gasteiger partial charge in [0, 0.05) is 26.2 Å². The molecule has 0 saturated carbocycles. The van der Waals surface area contributed by atoms with Crippen LogP contribution in [0.1, 0.15) is 14.3 Å². The van der Waals surface area contributed by atoms with Crippen molar-refractivity contribution in [3.05, 3.63) is 0 Å². The molecule has 80 valence electrons. The van der Waals surface area contributed by atoms with Crippen LogP contribution >= 0.6 is 0 Å². The van der Waals surface area contributed by atoms with E-state index in [1.807, 2.05) is 0 Å². The molecular weight excluding hydrogens is 298 g/mol. The van der Waals surface area contributed by atoms with Crippen molar-refractivity contribution in [2.75, 3.05) is 0 Å². The maximum Gasteiger partial charge on any atom is 1.00 e. The van der Waals surface area contributed by atoms with Crippen molar-refractivity contribution in [1.29, 1.82) is 0 Å². The summed E-state index contributed by atoms with van der Waals surface area (Å²) in [6.45, 7) is 0. The molecule has 0 aromatic heterocycles. The number of carbonyl (C=O) groups is 3. The van der Waals surface area contributed by atoms with E-state index in [4.69, 9.17) is 20.4 Å². The second kappa shape index (κ2) is 8.41. The Morgan fingerprint density at radius 2 is 1.27 bits per heavy atom. The van der Waals surface area contributed by atoms with Crippen LogP contribution in [0.5, 0.6) is 0 Å². The second-order valence-corrected chi connectivity index (χ2v) is 2.48. The normalized spacial score (nSPS) is 9.40. The molecule has 0 heterocycles. The Morgan fingerprint density at radius 3 is 1.40 bits per heavy atom. The molecule has 0 bridgehead atoms. The number of hydrogen-bond acceptors (Lipinski definition) is 4. The number of hydrogen-bond donors (Lipinski definition) is 4. The van der Waals surface area contributed by atoms with Crippen LogP contribution in [-0.4, -0.2) is 43.9 Å². The van der Waals surface area contributed by atoms with Crippen LogP contribution in [0.25, 0.3) is 0 Å². The first-order chi connectivity index (χ1) is 5.78. The van der Waals surface area contributed by atoms with Gasteiger partial charge in [0.05, 0.1) is 12.8 Å². The fourth-order valence-corrected chi connectivity index (χ4v) is 0.714. The average Bonchev–Trinajstić information content (AvgIpc) is 1.82. The SMILES string of the molecule is O=C(O)CC(O)(CC(=O)O)C(=O)O.[H-].[Na+].[Zr]. The maximum atomic E-state index is 10.3. The molecule has 0 unspecified atom stereocenters. The topological polar surface area (TPSA) is 132 Å². The average molecular weight is 307 g/mol. The van der Waals surface area contributed by atoms with Gasteiger partial charge < -0.3 is 21.9 Å². The molecule has 0 rings (SSSR count).